The number of ether oxygens (including phenoxy) is 1. The lowest BCUT2D eigenvalue weighted by Gasteiger charge is -2.32. The van der Waals surface area contributed by atoms with Crippen molar-refractivity contribution in [1.29, 1.82) is 0 Å². The summed E-state index contributed by atoms with van der Waals surface area (Å²) in [6.07, 6.45) is 0.335. The Kier molecular flexibility index (Phi) is 5.81. The second kappa shape index (κ2) is 8.65. The van der Waals surface area contributed by atoms with E-state index < -0.39 is 0 Å². The number of nitrogens with one attached hydrogen (secondary N) is 2. The average molecular weight is 369 g/mol. The normalized spacial score (nSPS) is 20.2. The predicted octanol–water partition coefficient (Wildman–Crippen LogP) is 0.894. The number of amides is 1. The maximum atomic E-state index is 12.3. The molecule has 27 heavy (non-hydrogen) atoms. The van der Waals surface area contributed by atoms with Crippen LogP contribution in [-0.2, 0) is 35.7 Å². The van der Waals surface area contributed by atoms with Crippen molar-refractivity contribution in [3.8, 4) is 0 Å². The number of fused-ring (bicyclic) bond motifs is 1. The van der Waals surface area contributed by atoms with Gasteiger partial charge in [0.1, 0.15) is 0 Å². The molecule has 0 spiro atoms. The van der Waals surface area contributed by atoms with E-state index in [1.807, 2.05) is 10.7 Å². The summed E-state index contributed by atoms with van der Waals surface area (Å²) < 4.78 is 7.82. The first-order chi connectivity index (χ1) is 13.3. The van der Waals surface area contributed by atoms with Gasteiger partial charge in [0.25, 0.3) is 0 Å². The number of carbonyl (C=O) groups excluding carboxylic acids is 1. The van der Waals surface area contributed by atoms with Crippen LogP contribution in [0.5, 0.6) is 0 Å². The fourth-order valence-corrected chi connectivity index (χ4v) is 3.70. The molecule has 4 rings (SSSR count). The van der Waals surface area contributed by atoms with Gasteiger partial charge in [-0.2, -0.15) is 5.10 Å². The fourth-order valence-electron chi connectivity index (χ4n) is 3.70. The van der Waals surface area contributed by atoms with E-state index in [2.05, 4.69) is 51.0 Å². The maximum Gasteiger partial charge on any atom is 0.222 e. The zero-order valence-corrected chi connectivity index (χ0v) is 15.6. The quantitative estimate of drug-likeness (QED) is 0.792. The minimum atomic E-state index is -0.0538. The highest BCUT2D eigenvalue weighted by Crippen LogP contribution is 2.13. The number of hydrogen-bond donors (Lipinski definition) is 2. The Morgan fingerprint density at radius 2 is 2.19 bits per heavy atom. The lowest BCUT2D eigenvalue weighted by molar-refractivity contribution is -0.126. The Labute approximate surface area is 159 Å². The van der Waals surface area contributed by atoms with Crippen LogP contribution in [0.25, 0.3) is 0 Å². The number of rotatable bonds is 6. The van der Waals surface area contributed by atoms with Crippen molar-refractivity contribution in [2.45, 2.75) is 38.7 Å². The molecule has 1 saturated heterocycles. The van der Waals surface area contributed by atoms with Crippen molar-refractivity contribution in [1.82, 2.24) is 25.3 Å². The number of carbonyl (C=O) groups is 1. The minimum Gasteiger partial charge on any atom is -0.375 e. The molecular weight excluding hydrogens is 342 g/mol. The molecule has 144 valence electrons. The van der Waals surface area contributed by atoms with Crippen molar-refractivity contribution in [3.63, 3.8) is 0 Å². The van der Waals surface area contributed by atoms with E-state index >= 15 is 0 Å². The molecule has 1 aromatic carbocycles. The number of nitrogens with zero attached hydrogens (tertiary/aromatic N) is 3. The van der Waals surface area contributed by atoms with Crippen molar-refractivity contribution in [3.05, 3.63) is 53.3 Å². The number of morpholine rings is 1. The lowest BCUT2D eigenvalue weighted by atomic mass is 10.1. The van der Waals surface area contributed by atoms with Crippen LogP contribution in [0.2, 0.25) is 0 Å². The molecule has 0 saturated carbocycles. The van der Waals surface area contributed by atoms with Crippen LogP contribution in [0.4, 0.5) is 0 Å². The van der Waals surface area contributed by atoms with Crippen LogP contribution in [0, 0.1) is 0 Å². The van der Waals surface area contributed by atoms with E-state index in [1.54, 1.807) is 0 Å². The summed E-state index contributed by atoms with van der Waals surface area (Å²) in [4.78, 5) is 14.7. The van der Waals surface area contributed by atoms with Crippen molar-refractivity contribution in [2.75, 3.05) is 26.2 Å². The SMILES string of the molecule is O=C(C[C@H]1CN(Cc2ccccc2)CCO1)NCc1cc2n(n1)CCNC2. The maximum absolute atomic E-state index is 12.3. The molecule has 0 radical (unpaired) electrons. The first kappa shape index (κ1) is 18.2. The highest BCUT2D eigenvalue weighted by molar-refractivity contribution is 5.76. The third-order valence-electron chi connectivity index (χ3n) is 5.07. The van der Waals surface area contributed by atoms with Gasteiger partial charge < -0.3 is 15.4 Å². The molecule has 7 nitrogen and oxygen atoms in total. The Bertz CT molecular complexity index is 737. The van der Waals surface area contributed by atoms with Crippen LogP contribution in [0.15, 0.2) is 36.4 Å². The summed E-state index contributed by atoms with van der Waals surface area (Å²) in [5.74, 6) is 0.0191. The monoisotopic (exact) mass is 369 g/mol. The summed E-state index contributed by atoms with van der Waals surface area (Å²) in [6, 6.07) is 12.5. The molecule has 2 aromatic rings. The topological polar surface area (TPSA) is 71.4 Å². The van der Waals surface area contributed by atoms with Gasteiger partial charge in [-0.1, -0.05) is 30.3 Å². The number of aromatic nitrogens is 2. The van der Waals surface area contributed by atoms with E-state index in [1.165, 1.54) is 11.3 Å². The van der Waals surface area contributed by atoms with Crippen LogP contribution >= 0.6 is 0 Å². The Balaban J connectivity index is 1.23. The van der Waals surface area contributed by atoms with Gasteiger partial charge in [0.05, 0.1) is 43.6 Å². The number of benzene rings is 1. The van der Waals surface area contributed by atoms with E-state index in [-0.39, 0.29) is 12.0 Å². The summed E-state index contributed by atoms with van der Waals surface area (Å²) in [6.45, 7) is 6.40. The van der Waals surface area contributed by atoms with E-state index in [9.17, 15) is 4.79 Å². The van der Waals surface area contributed by atoms with Gasteiger partial charge in [0.15, 0.2) is 0 Å². The smallest absolute Gasteiger partial charge is 0.222 e. The first-order valence-electron chi connectivity index (χ1n) is 9.67. The van der Waals surface area contributed by atoms with Crippen LogP contribution in [0.3, 0.4) is 0 Å². The third kappa shape index (κ3) is 4.94. The zero-order valence-electron chi connectivity index (χ0n) is 15.6. The Morgan fingerprint density at radius 3 is 3.04 bits per heavy atom. The van der Waals surface area contributed by atoms with Gasteiger partial charge in [-0.3, -0.25) is 14.4 Å². The van der Waals surface area contributed by atoms with Crippen molar-refractivity contribution >= 4 is 5.91 Å². The molecule has 0 bridgehead atoms. The lowest BCUT2D eigenvalue weighted by Crippen LogP contribution is -2.44. The highest BCUT2D eigenvalue weighted by Gasteiger charge is 2.23. The van der Waals surface area contributed by atoms with Gasteiger partial charge >= 0.3 is 0 Å². The minimum absolute atomic E-state index is 0.0191. The van der Waals surface area contributed by atoms with Crippen molar-refractivity contribution in [2.24, 2.45) is 0 Å². The summed E-state index contributed by atoms with van der Waals surface area (Å²) in [5.41, 5.74) is 3.39. The predicted molar refractivity (Wildman–Crippen MR) is 102 cm³/mol. The summed E-state index contributed by atoms with van der Waals surface area (Å²) in [7, 11) is 0. The average Bonchev–Trinajstić information content (AvgIpc) is 3.11. The zero-order chi connectivity index (χ0) is 18.5. The van der Waals surface area contributed by atoms with Gasteiger partial charge in [0, 0.05) is 32.7 Å². The molecule has 2 N–H and O–H groups in total. The van der Waals surface area contributed by atoms with E-state index in [4.69, 9.17) is 4.74 Å². The van der Waals surface area contributed by atoms with E-state index in [0.717, 1.165) is 45.0 Å². The standard InChI is InChI=1S/C20H27N5O2/c26-20(22-12-17-10-18-13-21-6-7-25(18)23-17)11-19-15-24(8-9-27-19)14-16-4-2-1-3-5-16/h1-5,10,19,21H,6-9,11-15H2,(H,22,26)/t19-/m0/s1. The molecule has 7 heteroatoms. The van der Waals surface area contributed by atoms with Gasteiger partial charge in [-0.05, 0) is 11.6 Å². The molecule has 2 aliphatic heterocycles. The Hall–Kier alpha value is -2.22. The molecule has 3 heterocycles. The van der Waals surface area contributed by atoms with Crippen LogP contribution in [-0.4, -0.2) is 52.9 Å². The molecule has 2 aliphatic rings. The first-order valence-corrected chi connectivity index (χ1v) is 9.67. The van der Waals surface area contributed by atoms with Crippen LogP contribution < -0.4 is 10.6 Å². The molecule has 0 aliphatic carbocycles. The Morgan fingerprint density at radius 1 is 1.30 bits per heavy atom. The summed E-state index contributed by atoms with van der Waals surface area (Å²) >= 11 is 0. The molecule has 0 unspecified atom stereocenters. The third-order valence-corrected chi connectivity index (χ3v) is 5.07. The summed E-state index contributed by atoms with van der Waals surface area (Å²) in [5, 5.41) is 10.9. The molecule has 1 amide bonds. The molecule has 1 atom stereocenters. The van der Waals surface area contributed by atoms with Crippen molar-refractivity contribution < 1.29 is 9.53 Å². The molecule has 1 fully saturated rings. The fraction of sp³-hybridized carbons (Fsp3) is 0.500. The van der Waals surface area contributed by atoms with E-state index in [0.29, 0.717) is 19.6 Å². The molecule has 1 aromatic heterocycles. The van der Waals surface area contributed by atoms with Crippen LogP contribution in [0.1, 0.15) is 23.4 Å². The van der Waals surface area contributed by atoms with Gasteiger partial charge in [0.2, 0.25) is 5.91 Å². The second-order valence-electron chi connectivity index (χ2n) is 7.22. The second-order valence-corrected chi connectivity index (χ2v) is 7.22. The molecular formula is C20H27N5O2. The van der Waals surface area contributed by atoms with Gasteiger partial charge in [-0.15, -0.1) is 0 Å². The largest absolute Gasteiger partial charge is 0.375 e. The number of hydrogen-bond acceptors (Lipinski definition) is 5. The highest BCUT2D eigenvalue weighted by atomic mass is 16.5. The van der Waals surface area contributed by atoms with Gasteiger partial charge in [-0.25, -0.2) is 0 Å².